The Kier molecular flexibility index (Phi) is 5.38. The van der Waals surface area contributed by atoms with Crippen molar-refractivity contribution in [1.29, 1.82) is 0 Å². The van der Waals surface area contributed by atoms with Crippen LogP contribution in [0.3, 0.4) is 0 Å². The molecule has 1 saturated carbocycles. The molecule has 2 N–H and O–H groups in total. The summed E-state index contributed by atoms with van der Waals surface area (Å²) in [4.78, 5) is 10.7. The van der Waals surface area contributed by atoms with Crippen LogP contribution >= 0.6 is 15.9 Å². The molecule has 1 fully saturated rings. The minimum absolute atomic E-state index is 0.121. The predicted octanol–water partition coefficient (Wildman–Crippen LogP) is 4.59. The average Bonchev–Trinajstić information content (AvgIpc) is 2.44. The molecule has 0 spiro atoms. The first-order chi connectivity index (χ1) is 9.95. The Morgan fingerprint density at radius 3 is 2.67 bits per heavy atom. The Labute approximate surface area is 134 Å². The number of nitro benzene ring substituents is 1. The summed E-state index contributed by atoms with van der Waals surface area (Å²) in [6, 6.07) is 5.20. The molecule has 0 saturated heterocycles. The molecule has 4 nitrogen and oxygen atoms in total. The van der Waals surface area contributed by atoms with Crippen LogP contribution in [0.25, 0.3) is 0 Å². The number of rotatable bonds is 5. The third-order valence-electron chi connectivity index (χ3n) is 4.60. The lowest BCUT2D eigenvalue weighted by Gasteiger charge is -2.37. The van der Waals surface area contributed by atoms with Crippen molar-refractivity contribution in [1.82, 2.24) is 0 Å². The third-order valence-corrected chi connectivity index (χ3v) is 5.51. The van der Waals surface area contributed by atoms with E-state index in [1.165, 1.54) is 31.7 Å². The van der Waals surface area contributed by atoms with Crippen LogP contribution in [0.4, 0.5) is 5.69 Å². The van der Waals surface area contributed by atoms with Gasteiger partial charge < -0.3 is 5.73 Å². The van der Waals surface area contributed by atoms with Crippen molar-refractivity contribution in [3.63, 3.8) is 0 Å². The minimum Gasteiger partial charge on any atom is -0.325 e. The Morgan fingerprint density at radius 2 is 2.10 bits per heavy atom. The van der Waals surface area contributed by atoms with Crippen molar-refractivity contribution in [3.8, 4) is 0 Å². The van der Waals surface area contributed by atoms with Gasteiger partial charge in [0.1, 0.15) is 0 Å². The van der Waals surface area contributed by atoms with E-state index in [0.29, 0.717) is 10.9 Å². The molecule has 1 aliphatic rings. The lowest BCUT2D eigenvalue weighted by molar-refractivity contribution is -0.385. The van der Waals surface area contributed by atoms with Gasteiger partial charge in [-0.25, -0.2) is 0 Å². The van der Waals surface area contributed by atoms with Crippen LogP contribution in [0.15, 0.2) is 22.7 Å². The summed E-state index contributed by atoms with van der Waals surface area (Å²) >= 11 is 3.37. The Balaban J connectivity index is 2.08. The summed E-state index contributed by atoms with van der Waals surface area (Å²) in [5.74, 6) is 0.806. The fourth-order valence-electron chi connectivity index (χ4n) is 3.35. The smallest absolute Gasteiger partial charge is 0.283 e. The molecule has 0 unspecified atom stereocenters. The quantitative estimate of drug-likeness (QED) is 0.620. The lowest BCUT2D eigenvalue weighted by atomic mass is 9.73. The second-order valence-electron chi connectivity index (χ2n) is 6.28. The Hall–Kier alpha value is -0.940. The van der Waals surface area contributed by atoms with Crippen LogP contribution < -0.4 is 5.73 Å². The van der Waals surface area contributed by atoms with E-state index in [9.17, 15) is 10.1 Å². The summed E-state index contributed by atoms with van der Waals surface area (Å²) in [5.41, 5.74) is 7.40. The van der Waals surface area contributed by atoms with Crippen molar-refractivity contribution in [2.45, 2.75) is 57.4 Å². The molecule has 1 aromatic carbocycles. The molecule has 0 amide bonds. The maximum absolute atomic E-state index is 11.0. The van der Waals surface area contributed by atoms with Crippen LogP contribution in [-0.4, -0.2) is 10.5 Å². The molecule has 21 heavy (non-hydrogen) atoms. The summed E-state index contributed by atoms with van der Waals surface area (Å²) in [5, 5.41) is 11.0. The van der Waals surface area contributed by atoms with Gasteiger partial charge in [0.05, 0.1) is 9.40 Å². The van der Waals surface area contributed by atoms with Gasteiger partial charge in [-0.3, -0.25) is 10.1 Å². The van der Waals surface area contributed by atoms with Crippen LogP contribution in [0.1, 0.15) is 51.0 Å². The van der Waals surface area contributed by atoms with E-state index in [1.807, 2.05) is 6.07 Å². The van der Waals surface area contributed by atoms with E-state index >= 15 is 0 Å². The van der Waals surface area contributed by atoms with Gasteiger partial charge in [-0.1, -0.05) is 31.9 Å². The number of nitrogens with two attached hydrogens (primary N) is 1. The molecule has 0 bridgehead atoms. The maximum Gasteiger partial charge on any atom is 0.283 e. The second kappa shape index (κ2) is 6.88. The largest absolute Gasteiger partial charge is 0.325 e. The van der Waals surface area contributed by atoms with Gasteiger partial charge in [0, 0.05) is 11.6 Å². The number of hydrogen-bond donors (Lipinski definition) is 1. The second-order valence-corrected chi connectivity index (χ2v) is 7.07. The van der Waals surface area contributed by atoms with Crippen molar-refractivity contribution < 1.29 is 4.92 Å². The number of nitro groups is 1. The fraction of sp³-hybridized carbons (Fsp3) is 0.625. The van der Waals surface area contributed by atoms with E-state index in [4.69, 9.17) is 5.73 Å². The van der Waals surface area contributed by atoms with E-state index < -0.39 is 0 Å². The molecule has 1 aromatic rings. The topological polar surface area (TPSA) is 69.2 Å². The van der Waals surface area contributed by atoms with Gasteiger partial charge in [0.2, 0.25) is 0 Å². The highest BCUT2D eigenvalue weighted by Crippen LogP contribution is 2.37. The molecule has 5 heteroatoms. The predicted molar refractivity (Wildman–Crippen MR) is 88.3 cm³/mol. The average molecular weight is 355 g/mol. The Bertz CT molecular complexity index is 511. The zero-order valence-corrected chi connectivity index (χ0v) is 14.1. The van der Waals surface area contributed by atoms with Gasteiger partial charge in [-0.15, -0.1) is 0 Å². The van der Waals surface area contributed by atoms with Crippen LogP contribution in [0, 0.1) is 16.0 Å². The molecule has 0 aliphatic heterocycles. The Morgan fingerprint density at radius 1 is 1.43 bits per heavy atom. The minimum atomic E-state index is -0.352. The van der Waals surface area contributed by atoms with E-state index in [0.717, 1.165) is 24.3 Å². The molecule has 0 radical (unpaired) electrons. The standard InChI is InChI=1S/C16H23BrN2O2/c1-2-4-12-7-9-16(18,10-8-12)11-13-5-3-6-14(15(13)17)19(20)21/h3,5-6,12H,2,4,7-11,18H2,1H3. The summed E-state index contributed by atoms with van der Waals surface area (Å²) in [7, 11) is 0. The van der Waals surface area contributed by atoms with Crippen LogP contribution in [-0.2, 0) is 6.42 Å². The highest BCUT2D eigenvalue weighted by atomic mass is 79.9. The first-order valence-electron chi connectivity index (χ1n) is 7.66. The molecule has 2 rings (SSSR count). The zero-order valence-electron chi connectivity index (χ0n) is 12.5. The van der Waals surface area contributed by atoms with Crippen molar-refractivity contribution in [3.05, 3.63) is 38.3 Å². The van der Waals surface area contributed by atoms with Crippen LogP contribution in [0.5, 0.6) is 0 Å². The third kappa shape index (κ3) is 4.04. The summed E-state index contributed by atoms with van der Waals surface area (Å²) in [6.07, 6.45) is 7.59. The molecule has 0 heterocycles. The monoisotopic (exact) mass is 354 g/mol. The van der Waals surface area contributed by atoms with E-state index in [2.05, 4.69) is 22.9 Å². The van der Waals surface area contributed by atoms with Crippen molar-refractivity contribution in [2.75, 3.05) is 0 Å². The van der Waals surface area contributed by atoms with E-state index in [-0.39, 0.29) is 16.1 Å². The first-order valence-corrected chi connectivity index (χ1v) is 8.45. The molecular weight excluding hydrogens is 332 g/mol. The normalized spacial score (nSPS) is 25.8. The molecule has 116 valence electrons. The van der Waals surface area contributed by atoms with Crippen LogP contribution in [0.2, 0.25) is 0 Å². The van der Waals surface area contributed by atoms with Gasteiger partial charge in [-0.05, 0) is 59.5 Å². The highest BCUT2D eigenvalue weighted by molar-refractivity contribution is 9.10. The number of nitrogens with zero attached hydrogens (tertiary/aromatic N) is 1. The van der Waals surface area contributed by atoms with Gasteiger partial charge in [-0.2, -0.15) is 0 Å². The number of hydrogen-bond acceptors (Lipinski definition) is 3. The van der Waals surface area contributed by atoms with E-state index in [1.54, 1.807) is 6.07 Å². The molecule has 1 aliphatic carbocycles. The lowest BCUT2D eigenvalue weighted by Crippen LogP contribution is -2.45. The van der Waals surface area contributed by atoms with Crippen molar-refractivity contribution in [2.24, 2.45) is 11.7 Å². The van der Waals surface area contributed by atoms with Gasteiger partial charge in [0.25, 0.3) is 5.69 Å². The maximum atomic E-state index is 11.0. The van der Waals surface area contributed by atoms with Crippen molar-refractivity contribution >= 4 is 21.6 Å². The summed E-state index contributed by atoms with van der Waals surface area (Å²) in [6.45, 7) is 2.23. The highest BCUT2D eigenvalue weighted by Gasteiger charge is 2.32. The fourth-order valence-corrected chi connectivity index (χ4v) is 3.90. The summed E-state index contributed by atoms with van der Waals surface area (Å²) < 4.78 is 0.579. The van der Waals surface area contributed by atoms with Gasteiger partial charge >= 0.3 is 0 Å². The molecule has 0 aromatic heterocycles. The van der Waals surface area contributed by atoms with Gasteiger partial charge in [0.15, 0.2) is 0 Å². The number of benzene rings is 1. The number of halogens is 1. The molecule has 0 atom stereocenters. The first kappa shape index (κ1) is 16.4. The zero-order chi connectivity index (χ0) is 15.5. The SMILES string of the molecule is CCCC1CCC(N)(Cc2cccc([N+](=O)[O-])c2Br)CC1. The molecular formula is C16H23BrN2O2.